The summed E-state index contributed by atoms with van der Waals surface area (Å²) in [6.07, 6.45) is 6.80. The van der Waals surface area contributed by atoms with Crippen molar-refractivity contribution in [3.63, 3.8) is 0 Å². The lowest BCUT2D eigenvalue weighted by Crippen LogP contribution is -2.37. The Morgan fingerprint density at radius 2 is 2.06 bits per heavy atom. The van der Waals surface area contributed by atoms with E-state index in [9.17, 15) is 0 Å². The van der Waals surface area contributed by atoms with E-state index in [1.807, 2.05) is 42.6 Å². The van der Waals surface area contributed by atoms with Crippen LogP contribution < -0.4 is 9.64 Å². The number of hydrogen-bond donors (Lipinski definition) is 2. The molecule has 1 saturated heterocycles. The highest BCUT2D eigenvalue weighted by molar-refractivity contribution is 5.87. The summed E-state index contributed by atoms with van der Waals surface area (Å²) in [7, 11) is 1.66. The molecule has 4 aromatic rings. The third kappa shape index (κ3) is 3.99. The predicted molar refractivity (Wildman–Crippen MR) is 126 cm³/mol. The monoisotopic (exact) mass is 428 g/mol. The van der Waals surface area contributed by atoms with Gasteiger partial charge in [0.15, 0.2) is 0 Å². The fourth-order valence-electron chi connectivity index (χ4n) is 4.07. The molecule has 0 aliphatic carbocycles. The molecule has 8 heteroatoms. The fourth-order valence-corrected chi connectivity index (χ4v) is 4.07. The highest BCUT2D eigenvalue weighted by atomic mass is 16.6. The summed E-state index contributed by atoms with van der Waals surface area (Å²) in [6, 6.07) is 14.0. The second kappa shape index (κ2) is 8.66. The van der Waals surface area contributed by atoms with Gasteiger partial charge in [0.2, 0.25) is 5.90 Å². The Morgan fingerprint density at radius 1 is 1.19 bits per heavy atom. The third-order valence-electron chi connectivity index (χ3n) is 5.85. The number of H-pyrrole nitrogens is 1. The molecule has 2 N–H and O–H groups in total. The second-order valence-corrected chi connectivity index (χ2v) is 7.84. The lowest BCUT2D eigenvalue weighted by molar-refractivity contribution is 0.285. The molecule has 1 aromatic carbocycles. The number of para-hydroxylation sites is 1. The molecule has 0 amide bonds. The number of anilines is 1. The minimum absolute atomic E-state index is 0.0451. The zero-order chi connectivity index (χ0) is 21.9. The van der Waals surface area contributed by atoms with Crippen LogP contribution in [0.5, 0.6) is 5.75 Å². The van der Waals surface area contributed by atoms with Gasteiger partial charge in [-0.15, -0.1) is 0 Å². The third-order valence-corrected chi connectivity index (χ3v) is 5.85. The van der Waals surface area contributed by atoms with Gasteiger partial charge in [0.05, 0.1) is 13.3 Å². The highest BCUT2D eigenvalue weighted by Crippen LogP contribution is 2.28. The van der Waals surface area contributed by atoms with Crippen molar-refractivity contribution in [3.05, 3.63) is 60.4 Å². The molecule has 5 rings (SSSR count). The molecular formula is C24H24N6O2. The molecule has 3 aromatic heterocycles. The van der Waals surface area contributed by atoms with Crippen LogP contribution in [0.1, 0.15) is 18.4 Å². The number of rotatable bonds is 5. The van der Waals surface area contributed by atoms with Crippen LogP contribution in [-0.2, 0) is 4.84 Å². The number of pyridine rings is 2. The van der Waals surface area contributed by atoms with E-state index in [4.69, 9.17) is 20.0 Å². The standard InChI is InChI=1S/C24H24N6O2/c1-31-20-4-2-3-17-5-6-21(29-22(17)20)30-11-8-18(9-12-30)23(25)32-28-15-16-13-19-7-10-26-24(19)27-14-16/h2-7,10,13-15,18,25H,8-9,11-12H2,1H3,(H,26,27)/b25-23?,28-15+. The Labute approximate surface area is 185 Å². The van der Waals surface area contributed by atoms with Gasteiger partial charge in [-0.1, -0.05) is 17.3 Å². The first kappa shape index (κ1) is 20.0. The smallest absolute Gasteiger partial charge is 0.220 e. The normalized spacial score (nSPS) is 15.0. The van der Waals surface area contributed by atoms with Crippen LogP contribution in [-0.4, -0.2) is 47.3 Å². The van der Waals surface area contributed by atoms with Crippen molar-refractivity contribution in [1.29, 1.82) is 5.41 Å². The first-order valence-corrected chi connectivity index (χ1v) is 10.6. The molecule has 0 saturated carbocycles. The van der Waals surface area contributed by atoms with Gasteiger partial charge < -0.3 is 19.5 Å². The van der Waals surface area contributed by atoms with Crippen LogP contribution in [0.25, 0.3) is 21.9 Å². The molecule has 0 spiro atoms. The van der Waals surface area contributed by atoms with E-state index in [2.05, 4.69) is 26.1 Å². The summed E-state index contributed by atoms with van der Waals surface area (Å²) >= 11 is 0. The Kier molecular flexibility index (Phi) is 5.41. The van der Waals surface area contributed by atoms with Crippen LogP contribution in [0.15, 0.2) is 60.0 Å². The summed E-state index contributed by atoms with van der Waals surface area (Å²) < 4.78 is 5.46. The van der Waals surface area contributed by atoms with E-state index < -0.39 is 0 Å². The SMILES string of the molecule is COc1cccc2ccc(N3CCC(C(=N)O/N=C/c4cnc5[nH]ccc5c4)CC3)nc12. The van der Waals surface area contributed by atoms with Crippen LogP contribution in [0.2, 0.25) is 0 Å². The first-order valence-electron chi connectivity index (χ1n) is 10.6. The number of ether oxygens (including phenoxy) is 1. The number of aromatic nitrogens is 3. The van der Waals surface area contributed by atoms with Crippen LogP contribution in [0, 0.1) is 11.3 Å². The lowest BCUT2D eigenvalue weighted by atomic mass is 9.96. The molecule has 1 fully saturated rings. The average molecular weight is 428 g/mol. The van der Waals surface area contributed by atoms with Crippen LogP contribution >= 0.6 is 0 Å². The van der Waals surface area contributed by atoms with Gasteiger partial charge in [-0.05, 0) is 43.2 Å². The number of fused-ring (bicyclic) bond motifs is 2. The lowest BCUT2D eigenvalue weighted by Gasteiger charge is -2.32. The van der Waals surface area contributed by atoms with Crippen LogP contribution in [0.3, 0.4) is 0 Å². The molecule has 0 unspecified atom stereocenters. The minimum atomic E-state index is 0.0451. The van der Waals surface area contributed by atoms with E-state index in [1.54, 1.807) is 19.5 Å². The zero-order valence-corrected chi connectivity index (χ0v) is 17.8. The molecule has 8 nitrogen and oxygen atoms in total. The van der Waals surface area contributed by atoms with Crippen molar-refractivity contribution in [1.82, 2.24) is 15.0 Å². The fraction of sp³-hybridized carbons (Fsp3) is 0.250. The van der Waals surface area contributed by atoms with E-state index >= 15 is 0 Å². The first-order chi connectivity index (χ1) is 15.7. The van der Waals surface area contributed by atoms with Crippen molar-refractivity contribution < 1.29 is 9.57 Å². The van der Waals surface area contributed by atoms with Gasteiger partial charge in [-0.25, -0.2) is 9.97 Å². The number of benzene rings is 1. The number of methoxy groups -OCH3 is 1. The molecule has 0 atom stereocenters. The van der Waals surface area contributed by atoms with Gasteiger partial charge in [-0.3, -0.25) is 5.41 Å². The highest BCUT2D eigenvalue weighted by Gasteiger charge is 2.25. The topological polar surface area (TPSA) is 99.5 Å². The van der Waals surface area contributed by atoms with E-state index in [0.717, 1.165) is 65.0 Å². The molecule has 162 valence electrons. The van der Waals surface area contributed by atoms with Gasteiger partial charge in [0.25, 0.3) is 0 Å². The summed E-state index contributed by atoms with van der Waals surface area (Å²) in [5, 5.41) is 14.3. The molecule has 1 aliphatic rings. The Balaban J connectivity index is 1.19. The van der Waals surface area contributed by atoms with Crippen molar-refractivity contribution >= 4 is 39.9 Å². The van der Waals surface area contributed by atoms with Crippen molar-refractivity contribution in [2.24, 2.45) is 11.1 Å². The van der Waals surface area contributed by atoms with Gasteiger partial charge >= 0.3 is 0 Å². The number of aromatic amines is 1. The summed E-state index contributed by atoms with van der Waals surface area (Å²) in [5.74, 6) is 1.95. The maximum absolute atomic E-state index is 8.28. The predicted octanol–water partition coefficient (Wildman–Crippen LogP) is 4.36. The molecular weight excluding hydrogens is 404 g/mol. The van der Waals surface area contributed by atoms with E-state index in [1.165, 1.54) is 0 Å². The van der Waals surface area contributed by atoms with E-state index in [-0.39, 0.29) is 11.8 Å². The van der Waals surface area contributed by atoms with Gasteiger partial charge in [-0.2, -0.15) is 0 Å². The molecule has 0 radical (unpaired) electrons. The number of hydrogen-bond acceptors (Lipinski definition) is 7. The quantitative estimate of drug-likeness (QED) is 0.279. The summed E-state index contributed by atoms with van der Waals surface area (Å²) in [4.78, 5) is 19.8. The average Bonchev–Trinajstić information content (AvgIpc) is 3.31. The minimum Gasteiger partial charge on any atom is -0.494 e. The number of nitrogens with zero attached hydrogens (tertiary/aromatic N) is 4. The molecule has 32 heavy (non-hydrogen) atoms. The molecule has 0 bridgehead atoms. The zero-order valence-electron chi connectivity index (χ0n) is 17.8. The Morgan fingerprint density at radius 3 is 2.91 bits per heavy atom. The largest absolute Gasteiger partial charge is 0.494 e. The maximum atomic E-state index is 8.28. The van der Waals surface area contributed by atoms with Crippen molar-refractivity contribution in [3.8, 4) is 5.75 Å². The number of nitrogens with one attached hydrogen (secondary N) is 2. The number of piperidine rings is 1. The Hall–Kier alpha value is -3.94. The Bertz CT molecular complexity index is 1290. The van der Waals surface area contributed by atoms with Crippen molar-refractivity contribution in [2.45, 2.75) is 12.8 Å². The summed E-state index contributed by atoms with van der Waals surface area (Å²) in [5.41, 5.74) is 2.53. The van der Waals surface area contributed by atoms with Crippen molar-refractivity contribution in [2.75, 3.05) is 25.1 Å². The maximum Gasteiger partial charge on any atom is 0.220 e. The second-order valence-electron chi connectivity index (χ2n) is 7.84. The molecule has 1 aliphatic heterocycles. The van der Waals surface area contributed by atoms with Gasteiger partial charge in [0, 0.05) is 47.7 Å². The van der Waals surface area contributed by atoms with E-state index in [0.29, 0.717) is 0 Å². The number of oxime groups is 1. The van der Waals surface area contributed by atoms with Gasteiger partial charge in [0.1, 0.15) is 22.7 Å². The summed E-state index contributed by atoms with van der Waals surface area (Å²) in [6.45, 7) is 1.61. The van der Waals surface area contributed by atoms with Crippen LogP contribution in [0.4, 0.5) is 5.82 Å². The molecule has 4 heterocycles.